The second-order valence-corrected chi connectivity index (χ2v) is 6.94. The summed E-state index contributed by atoms with van der Waals surface area (Å²) in [6.07, 6.45) is 1.65. The molecule has 23 heavy (non-hydrogen) atoms. The Morgan fingerprint density at radius 3 is 2.57 bits per heavy atom. The first-order valence-electron chi connectivity index (χ1n) is 7.83. The fourth-order valence-electron chi connectivity index (χ4n) is 2.78. The predicted molar refractivity (Wildman–Crippen MR) is 98.0 cm³/mol. The molecule has 5 nitrogen and oxygen atoms in total. The summed E-state index contributed by atoms with van der Waals surface area (Å²) in [4.78, 5) is 15.6. The van der Waals surface area contributed by atoms with Gasteiger partial charge in [-0.15, -0.1) is 0 Å². The molecule has 0 saturated carbocycles. The number of hydrogen-bond acceptors (Lipinski definition) is 5. The molecule has 1 aliphatic heterocycles. The van der Waals surface area contributed by atoms with Gasteiger partial charge in [-0.1, -0.05) is 28.1 Å². The molecule has 3 rings (SSSR count). The number of hydrogen-bond donors (Lipinski definition) is 0. The maximum atomic E-state index is 4.43. The standard InChI is InChI=1S/C17H22BrN5/c1-21(2)16-11-17(20-13-19-16)23-8-6-22(7-9-23)12-14-4-3-5-15(18)10-14/h3-5,10-11,13H,6-9,12H2,1-2H3. The van der Waals surface area contributed by atoms with Crippen LogP contribution in [0.3, 0.4) is 0 Å². The summed E-state index contributed by atoms with van der Waals surface area (Å²) in [6, 6.07) is 10.6. The Morgan fingerprint density at radius 2 is 1.87 bits per heavy atom. The van der Waals surface area contributed by atoms with Crippen molar-refractivity contribution in [2.75, 3.05) is 50.1 Å². The highest BCUT2D eigenvalue weighted by Crippen LogP contribution is 2.19. The van der Waals surface area contributed by atoms with E-state index in [-0.39, 0.29) is 0 Å². The molecule has 1 aromatic carbocycles. The summed E-state index contributed by atoms with van der Waals surface area (Å²) < 4.78 is 1.14. The van der Waals surface area contributed by atoms with Gasteiger partial charge in [0.25, 0.3) is 0 Å². The maximum absolute atomic E-state index is 4.43. The molecule has 1 saturated heterocycles. The van der Waals surface area contributed by atoms with E-state index in [0.717, 1.165) is 48.8 Å². The minimum atomic E-state index is 0.951. The second kappa shape index (κ2) is 7.27. The van der Waals surface area contributed by atoms with E-state index >= 15 is 0 Å². The molecule has 6 heteroatoms. The van der Waals surface area contributed by atoms with Crippen LogP contribution in [-0.4, -0.2) is 55.1 Å². The van der Waals surface area contributed by atoms with Gasteiger partial charge in [0.05, 0.1) is 0 Å². The maximum Gasteiger partial charge on any atom is 0.134 e. The molecule has 1 fully saturated rings. The van der Waals surface area contributed by atoms with Gasteiger partial charge in [-0.3, -0.25) is 4.90 Å². The summed E-state index contributed by atoms with van der Waals surface area (Å²) in [5.41, 5.74) is 1.35. The van der Waals surface area contributed by atoms with Crippen LogP contribution < -0.4 is 9.80 Å². The number of piperazine rings is 1. The van der Waals surface area contributed by atoms with Crippen molar-refractivity contribution >= 4 is 27.6 Å². The Morgan fingerprint density at radius 1 is 1.09 bits per heavy atom. The molecule has 2 aromatic rings. The predicted octanol–water partition coefficient (Wildman–Crippen LogP) is 2.63. The molecule has 0 N–H and O–H groups in total. The van der Waals surface area contributed by atoms with Gasteiger partial charge in [-0.2, -0.15) is 0 Å². The van der Waals surface area contributed by atoms with E-state index in [1.165, 1.54) is 5.56 Å². The van der Waals surface area contributed by atoms with Crippen molar-refractivity contribution in [3.63, 3.8) is 0 Å². The molecular weight excluding hydrogens is 354 g/mol. The Bertz CT molecular complexity index is 653. The fourth-order valence-corrected chi connectivity index (χ4v) is 3.23. The number of aromatic nitrogens is 2. The molecule has 0 atom stereocenters. The number of benzene rings is 1. The first kappa shape index (κ1) is 16.2. The zero-order valence-electron chi connectivity index (χ0n) is 13.6. The summed E-state index contributed by atoms with van der Waals surface area (Å²) in [5, 5.41) is 0. The van der Waals surface area contributed by atoms with Gasteiger partial charge >= 0.3 is 0 Å². The average molecular weight is 376 g/mol. The first-order chi connectivity index (χ1) is 11.1. The SMILES string of the molecule is CN(C)c1cc(N2CCN(Cc3cccc(Br)c3)CC2)ncn1. The lowest BCUT2D eigenvalue weighted by molar-refractivity contribution is 0.249. The number of rotatable bonds is 4. The third kappa shape index (κ3) is 4.20. The molecule has 0 spiro atoms. The highest BCUT2D eigenvalue weighted by molar-refractivity contribution is 9.10. The van der Waals surface area contributed by atoms with Crippen LogP contribution in [-0.2, 0) is 6.54 Å². The van der Waals surface area contributed by atoms with E-state index in [1.807, 2.05) is 19.0 Å². The van der Waals surface area contributed by atoms with E-state index in [9.17, 15) is 0 Å². The minimum absolute atomic E-state index is 0.951. The van der Waals surface area contributed by atoms with Gasteiger partial charge in [0, 0.05) is 57.4 Å². The van der Waals surface area contributed by atoms with Crippen molar-refractivity contribution in [3.05, 3.63) is 46.7 Å². The van der Waals surface area contributed by atoms with Crippen LogP contribution in [0.4, 0.5) is 11.6 Å². The van der Waals surface area contributed by atoms with Crippen LogP contribution in [0.25, 0.3) is 0 Å². The van der Waals surface area contributed by atoms with Gasteiger partial charge in [0.15, 0.2) is 0 Å². The molecule has 2 heterocycles. The van der Waals surface area contributed by atoms with Gasteiger partial charge < -0.3 is 9.80 Å². The van der Waals surface area contributed by atoms with Gasteiger partial charge in [0.2, 0.25) is 0 Å². The van der Waals surface area contributed by atoms with E-state index < -0.39 is 0 Å². The van der Waals surface area contributed by atoms with Crippen LogP contribution in [0, 0.1) is 0 Å². The Kier molecular flexibility index (Phi) is 5.13. The molecule has 0 unspecified atom stereocenters. The van der Waals surface area contributed by atoms with Gasteiger partial charge in [-0.05, 0) is 17.7 Å². The van der Waals surface area contributed by atoms with Crippen molar-refractivity contribution in [3.8, 4) is 0 Å². The van der Waals surface area contributed by atoms with Crippen molar-refractivity contribution in [2.45, 2.75) is 6.54 Å². The van der Waals surface area contributed by atoms with Gasteiger partial charge in [-0.25, -0.2) is 9.97 Å². The number of halogens is 1. The zero-order chi connectivity index (χ0) is 16.2. The van der Waals surface area contributed by atoms with Crippen LogP contribution >= 0.6 is 15.9 Å². The molecule has 0 aliphatic carbocycles. The molecule has 122 valence electrons. The van der Waals surface area contributed by atoms with Crippen LogP contribution in [0.5, 0.6) is 0 Å². The molecular formula is C17H22BrN5. The van der Waals surface area contributed by atoms with Crippen molar-refractivity contribution in [1.29, 1.82) is 0 Å². The Hall–Kier alpha value is -1.66. The lowest BCUT2D eigenvalue weighted by Gasteiger charge is -2.35. The summed E-state index contributed by atoms with van der Waals surface area (Å²) in [5.74, 6) is 1.97. The third-order valence-electron chi connectivity index (χ3n) is 4.09. The smallest absolute Gasteiger partial charge is 0.134 e. The van der Waals surface area contributed by atoms with Crippen LogP contribution in [0.1, 0.15) is 5.56 Å². The number of nitrogens with zero attached hydrogens (tertiary/aromatic N) is 5. The summed E-state index contributed by atoms with van der Waals surface area (Å²) >= 11 is 3.54. The van der Waals surface area contributed by atoms with Crippen molar-refractivity contribution < 1.29 is 0 Å². The van der Waals surface area contributed by atoms with E-state index in [0.29, 0.717) is 0 Å². The highest BCUT2D eigenvalue weighted by atomic mass is 79.9. The van der Waals surface area contributed by atoms with E-state index in [1.54, 1.807) is 6.33 Å². The average Bonchev–Trinajstić information content (AvgIpc) is 2.56. The van der Waals surface area contributed by atoms with Crippen LogP contribution in [0.2, 0.25) is 0 Å². The van der Waals surface area contributed by atoms with Crippen molar-refractivity contribution in [2.24, 2.45) is 0 Å². The quantitative estimate of drug-likeness (QED) is 0.820. The lowest BCUT2D eigenvalue weighted by Crippen LogP contribution is -2.46. The Balaban J connectivity index is 1.59. The van der Waals surface area contributed by atoms with E-state index in [2.05, 4.69) is 66.0 Å². The zero-order valence-corrected chi connectivity index (χ0v) is 15.2. The first-order valence-corrected chi connectivity index (χ1v) is 8.62. The largest absolute Gasteiger partial charge is 0.363 e. The molecule has 0 amide bonds. The number of anilines is 2. The monoisotopic (exact) mass is 375 g/mol. The second-order valence-electron chi connectivity index (χ2n) is 6.02. The Labute approximate surface area is 146 Å². The normalized spacial score (nSPS) is 15.7. The fraction of sp³-hybridized carbons (Fsp3) is 0.412. The lowest BCUT2D eigenvalue weighted by atomic mass is 10.2. The minimum Gasteiger partial charge on any atom is -0.363 e. The molecule has 0 bridgehead atoms. The van der Waals surface area contributed by atoms with Crippen molar-refractivity contribution in [1.82, 2.24) is 14.9 Å². The topological polar surface area (TPSA) is 35.5 Å². The molecule has 1 aromatic heterocycles. The van der Waals surface area contributed by atoms with Gasteiger partial charge in [0.1, 0.15) is 18.0 Å². The molecule has 0 radical (unpaired) electrons. The van der Waals surface area contributed by atoms with Crippen LogP contribution in [0.15, 0.2) is 41.1 Å². The summed E-state index contributed by atoms with van der Waals surface area (Å²) in [7, 11) is 4.00. The summed E-state index contributed by atoms with van der Waals surface area (Å²) in [6.45, 7) is 5.09. The highest BCUT2D eigenvalue weighted by Gasteiger charge is 2.18. The van der Waals surface area contributed by atoms with E-state index in [4.69, 9.17) is 0 Å². The molecule has 1 aliphatic rings. The third-order valence-corrected chi connectivity index (χ3v) is 4.58.